The Hall–Kier alpha value is -2.90. The Kier molecular flexibility index (Phi) is 7.84. The van der Waals surface area contributed by atoms with Crippen LogP contribution in [0.2, 0.25) is 0 Å². The molecule has 0 aliphatic carbocycles. The highest BCUT2D eigenvalue weighted by Gasteiger charge is 2.13. The summed E-state index contributed by atoms with van der Waals surface area (Å²) in [6, 6.07) is 9.32. The zero-order valence-corrected chi connectivity index (χ0v) is 13.0. The highest BCUT2D eigenvalue weighted by Crippen LogP contribution is 2.01. The summed E-state index contributed by atoms with van der Waals surface area (Å²) in [6.07, 6.45) is 2.02. The molecule has 0 radical (unpaired) electrons. The van der Waals surface area contributed by atoms with Crippen LogP contribution in [0.1, 0.15) is 18.4 Å². The molecule has 0 bridgehead atoms. The fourth-order valence-corrected chi connectivity index (χ4v) is 1.62. The quantitative estimate of drug-likeness (QED) is 0.278. The molecular weight excluding hydrogens is 298 g/mol. The van der Waals surface area contributed by atoms with E-state index in [2.05, 4.69) is 10.5 Å². The van der Waals surface area contributed by atoms with Crippen LogP contribution >= 0.6 is 0 Å². The highest BCUT2D eigenvalue weighted by atomic mass is 16.5. The number of rotatable bonds is 8. The van der Waals surface area contributed by atoms with Gasteiger partial charge in [0.25, 0.3) is 0 Å². The Morgan fingerprint density at radius 3 is 2.74 bits per heavy atom. The molecular formula is C15H21N5O3. The number of ether oxygens (including phenoxy) is 1. The van der Waals surface area contributed by atoms with Gasteiger partial charge >= 0.3 is 5.97 Å². The van der Waals surface area contributed by atoms with Gasteiger partial charge in [-0.25, -0.2) is 5.43 Å². The lowest BCUT2D eigenvalue weighted by Gasteiger charge is -2.15. The molecule has 8 heteroatoms. The molecule has 0 fully saturated rings. The highest BCUT2D eigenvalue weighted by molar-refractivity contribution is 5.83. The predicted molar refractivity (Wildman–Crippen MR) is 86.7 cm³/mol. The molecule has 1 aromatic rings. The number of nitrogens with zero attached hydrogens (tertiary/aromatic N) is 2. The van der Waals surface area contributed by atoms with Gasteiger partial charge in [0.05, 0.1) is 0 Å². The van der Waals surface area contributed by atoms with Crippen molar-refractivity contribution in [3.8, 4) is 0 Å². The van der Waals surface area contributed by atoms with E-state index in [1.54, 1.807) is 0 Å². The molecule has 0 aromatic heterocycles. The van der Waals surface area contributed by atoms with E-state index < -0.39 is 5.97 Å². The van der Waals surface area contributed by atoms with Crippen molar-refractivity contribution in [3.05, 3.63) is 35.9 Å². The summed E-state index contributed by atoms with van der Waals surface area (Å²) in [5, 5.41) is 10.5. The largest absolute Gasteiger partial charge is 0.459 e. The van der Waals surface area contributed by atoms with Gasteiger partial charge in [0.15, 0.2) is 0 Å². The van der Waals surface area contributed by atoms with Crippen molar-refractivity contribution in [3.63, 3.8) is 0 Å². The molecule has 0 saturated heterocycles. The molecule has 124 valence electrons. The van der Waals surface area contributed by atoms with Crippen LogP contribution < -0.4 is 11.2 Å². The summed E-state index contributed by atoms with van der Waals surface area (Å²) in [5.41, 5.74) is 8.18. The maximum Gasteiger partial charge on any atom is 0.325 e. The number of guanidine groups is 1. The molecule has 1 aromatic carbocycles. The first-order chi connectivity index (χ1) is 11.0. The van der Waals surface area contributed by atoms with Crippen LogP contribution in [0.4, 0.5) is 0 Å². The Balaban J connectivity index is 2.24. The molecule has 23 heavy (non-hydrogen) atoms. The molecule has 8 nitrogen and oxygen atoms in total. The summed E-state index contributed by atoms with van der Waals surface area (Å²) in [5.74, 6) is -0.932. The van der Waals surface area contributed by atoms with E-state index >= 15 is 0 Å². The summed E-state index contributed by atoms with van der Waals surface area (Å²) < 4.78 is 5.11. The normalized spacial score (nSPS) is 10.3. The van der Waals surface area contributed by atoms with Crippen LogP contribution in [-0.2, 0) is 20.9 Å². The van der Waals surface area contributed by atoms with E-state index in [1.165, 1.54) is 18.2 Å². The fraction of sp³-hybridized carbons (Fsp3) is 0.333. The van der Waals surface area contributed by atoms with Gasteiger partial charge in [-0.2, -0.15) is 5.10 Å². The van der Waals surface area contributed by atoms with Crippen molar-refractivity contribution in [2.24, 2.45) is 10.8 Å². The molecule has 0 atom stereocenters. The van der Waals surface area contributed by atoms with Gasteiger partial charge in [0.2, 0.25) is 11.9 Å². The lowest BCUT2D eigenvalue weighted by atomic mass is 10.2. The minimum atomic E-state index is -0.461. The van der Waals surface area contributed by atoms with Crippen LogP contribution in [0.3, 0.4) is 0 Å². The van der Waals surface area contributed by atoms with Crippen LogP contribution in [0, 0.1) is 5.41 Å². The van der Waals surface area contributed by atoms with Crippen molar-refractivity contribution in [2.75, 3.05) is 13.6 Å². The summed E-state index contributed by atoms with van der Waals surface area (Å²) in [7, 11) is 1.54. The van der Waals surface area contributed by atoms with E-state index in [0.717, 1.165) is 5.56 Å². The topological polar surface area (TPSA) is 121 Å². The van der Waals surface area contributed by atoms with Gasteiger partial charge in [-0.1, -0.05) is 30.3 Å². The van der Waals surface area contributed by atoms with Crippen LogP contribution in [0.5, 0.6) is 0 Å². The average Bonchev–Trinajstić information content (AvgIpc) is 2.53. The lowest BCUT2D eigenvalue weighted by Crippen LogP contribution is -2.33. The Morgan fingerprint density at radius 2 is 2.09 bits per heavy atom. The second kappa shape index (κ2) is 9.93. The van der Waals surface area contributed by atoms with E-state index in [4.69, 9.17) is 15.9 Å². The minimum Gasteiger partial charge on any atom is -0.459 e. The zero-order chi connectivity index (χ0) is 17.1. The summed E-state index contributed by atoms with van der Waals surface area (Å²) in [6.45, 7) is 0.0829. The number of amides is 1. The third-order valence-corrected chi connectivity index (χ3v) is 2.80. The van der Waals surface area contributed by atoms with Crippen molar-refractivity contribution >= 4 is 24.1 Å². The third kappa shape index (κ3) is 8.20. The monoisotopic (exact) mass is 319 g/mol. The Labute approximate surface area is 134 Å². The molecule has 1 rings (SSSR count). The molecule has 4 N–H and O–H groups in total. The number of likely N-dealkylation sites (N-methyl/N-ethyl adjacent to an activating group) is 1. The number of carbonyl (C=O) groups excluding carboxylic acids is 2. The minimum absolute atomic E-state index is 0.103. The van der Waals surface area contributed by atoms with Crippen LogP contribution in [-0.4, -0.2) is 42.5 Å². The van der Waals surface area contributed by atoms with Crippen molar-refractivity contribution in [2.45, 2.75) is 19.4 Å². The maximum absolute atomic E-state index is 11.8. The molecule has 1 amide bonds. The first kappa shape index (κ1) is 18.1. The second-order valence-corrected chi connectivity index (χ2v) is 4.77. The molecule has 0 saturated carbocycles. The first-order valence-electron chi connectivity index (χ1n) is 7.04. The molecule has 0 spiro atoms. The van der Waals surface area contributed by atoms with Crippen LogP contribution in [0.15, 0.2) is 35.4 Å². The Morgan fingerprint density at radius 1 is 1.39 bits per heavy atom. The zero-order valence-electron chi connectivity index (χ0n) is 13.0. The van der Waals surface area contributed by atoms with E-state index in [0.29, 0.717) is 6.42 Å². The van der Waals surface area contributed by atoms with Gasteiger partial charge in [-0.3, -0.25) is 15.0 Å². The van der Waals surface area contributed by atoms with E-state index in [1.807, 2.05) is 30.3 Å². The van der Waals surface area contributed by atoms with Gasteiger partial charge in [0, 0.05) is 19.7 Å². The molecule has 0 heterocycles. The summed E-state index contributed by atoms with van der Waals surface area (Å²) >= 11 is 0. The second-order valence-electron chi connectivity index (χ2n) is 4.77. The van der Waals surface area contributed by atoms with Gasteiger partial charge in [-0.15, -0.1) is 0 Å². The lowest BCUT2D eigenvalue weighted by molar-refractivity contribution is -0.149. The van der Waals surface area contributed by atoms with E-state index in [-0.39, 0.29) is 31.4 Å². The maximum atomic E-state index is 11.8. The summed E-state index contributed by atoms with van der Waals surface area (Å²) in [4.78, 5) is 24.8. The number of benzene rings is 1. The number of esters is 1. The fourth-order valence-electron chi connectivity index (χ4n) is 1.62. The number of carbonyl (C=O) groups is 2. The third-order valence-electron chi connectivity index (χ3n) is 2.80. The standard InChI is InChI=1S/C15H21N5O3/c1-20(13(21)8-5-9-18-19-15(16)17)10-14(22)23-11-12-6-3-2-4-7-12/h2-4,6-7,9H,5,8,10-11H2,1H3,(H4,16,17,19). The van der Waals surface area contributed by atoms with Crippen LogP contribution in [0.25, 0.3) is 0 Å². The molecule has 0 unspecified atom stereocenters. The smallest absolute Gasteiger partial charge is 0.325 e. The average molecular weight is 319 g/mol. The number of hydrogen-bond donors (Lipinski definition) is 3. The van der Waals surface area contributed by atoms with Gasteiger partial charge < -0.3 is 15.4 Å². The van der Waals surface area contributed by atoms with E-state index in [9.17, 15) is 9.59 Å². The first-order valence-corrected chi connectivity index (χ1v) is 7.04. The number of nitrogens with one attached hydrogen (secondary N) is 2. The molecule has 0 aliphatic rings. The number of hydrazone groups is 1. The van der Waals surface area contributed by atoms with Crippen molar-refractivity contribution in [1.29, 1.82) is 5.41 Å². The van der Waals surface area contributed by atoms with Gasteiger partial charge in [-0.05, 0) is 12.0 Å². The van der Waals surface area contributed by atoms with Gasteiger partial charge in [0.1, 0.15) is 13.2 Å². The van der Waals surface area contributed by atoms with Crippen molar-refractivity contribution in [1.82, 2.24) is 10.3 Å². The number of nitrogens with two attached hydrogens (primary N) is 1. The molecule has 0 aliphatic heterocycles. The van der Waals surface area contributed by atoms with Crippen molar-refractivity contribution < 1.29 is 14.3 Å². The number of hydrogen-bond acceptors (Lipinski definition) is 5. The Bertz CT molecular complexity index is 559. The SMILES string of the molecule is CN(CC(=O)OCc1ccccc1)C(=O)CCC=NNC(=N)N. The predicted octanol–water partition coefficient (Wildman–Crippen LogP) is 0.437.